The van der Waals surface area contributed by atoms with Crippen molar-refractivity contribution in [2.75, 3.05) is 13.2 Å². The molecule has 0 saturated carbocycles. The summed E-state index contributed by atoms with van der Waals surface area (Å²) in [5.74, 6) is -0.0937. The zero-order chi connectivity index (χ0) is 8.81. The van der Waals surface area contributed by atoms with Gasteiger partial charge in [0.25, 0.3) is 0 Å². The van der Waals surface area contributed by atoms with E-state index in [0.29, 0.717) is 13.0 Å². The molecule has 1 N–H and O–H groups in total. The van der Waals surface area contributed by atoms with Gasteiger partial charge in [-0.15, -0.1) is 0 Å². The van der Waals surface area contributed by atoms with Crippen molar-refractivity contribution in [2.24, 2.45) is 0 Å². The number of hydroxylamine groups is 1. The summed E-state index contributed by atoms with van der Waals surface area (Å²) in [7, 11) is 0. The molecule has 1 heterocycles. The van der Waals surface area contributed by atoms with Crippen LogP contribution in [0, 0.1) is 0 Å². The Hall–Kier alpha value is -0.610. The predicted molar refractivity (Wildman–Crippen MR) is 43.4 cm³/mol. The molecule has 0 bridgehead atoms. The van der Waals surface area contributed by atoms with Crippen LogP contribution in [0.1, 0.15) is 26.2 Å². The molecule has 12 heavy (non-hydrogen) atoms. The Balaban J connectivity index is 2.08. The lowest BCUT2D eigenvalue weighted by atomic mass is 10.2. The van der Waals surface area contributed by atoms with Gasteiger partial charge in [0, 0.05) is 6.61 Å². The fraction of sp³-hybridized carbons (Fsp3) is 0.875. The minimum absolute atomic E-state index is 0.0937. The maximum atomic E-state index is 11.0. The molecular weight excluding hydrogens is 158 g/mol. The Labute approximate surface area is 72.2 Å². The summed E-state index contributed by atoms with van der Waals surface area (Å²) in [6.07, 6.45) is 2.57. The lowest BCUT2D eigenvalue weighted by Crippen LogP contribution is -2.27. The summed E-state index contributed by atoms with van der Waals surface area (Å²) in [6.45, 7) is 3.11. The topological polar surface area (TPSA) is 47.6 Å². The van der Waals surface area contributed by atoms with Crippen LogP contribution in [-0.4, -0.2) is 25.2 Å². The molecule has 1 unspecified atom stereocenters. The number of hydrogen-bond acceptors (Lipinski definition) is 3. The minimum Gasteiger partial charge on any atom is -0.378 e. The molecule has 70 valence electrons. The van der Waals surface area contributed by atoms with Gasteiger partial charge in [-0.05, 0) is 19.8 Å². The van der Waals surface area contributed by atoms with Crippen molar-refractivity contribution in [1.82, 2.24) is 5.48 Å². The molecule has 0 radical (unpaired) electrons. The Kier molecular flexibility index (Phi) is 4.04. The molecule has 1 atom stereocenters. The van der Waals surface area contributed by atoms with Crippen molar-refractivity contribution in [3.63, 3.8) is 0 Å². The van der Waals surface area contributed by atoms with Crippen molar-refractivity contribution in [3.8, 4) is 0 Å². The number of rotatable bonds is 4. The van der Waals surface area contributed by atoms with Gasteiger partial charge >= 0.3 is 0 Å². The highest BCUT2D eigenvalue weighted by Gasteiger charge is 2.18. The predicted octanol–water partition coefficient (Wildman–Crippen LogP) is 0.623. The van der Waals surface area contributed by atoms with Crippen LogP contribution < -0.4 is 5.48 Å². The van der Waals surface area contributed by atoms with Crippen LogP contribution in [0.3, 0.4) is 0 Å². The number of nitrogens with one attached hydrogen (secondary N) is 1. The monoisotopic (exact) mass is 173 g/mol. The summed E-state index contributed by atoms with van der Waals surface area (Å²) >= 11 is 0. The van der Waals surface area contributed by atoms with Gasteiger partial charge in [-0.3, -0.25) is 9.63 Å². The fourth-order valence-corrected chi connectivity index (χ4v) is 1.21. The molecule has 1 aliphatic rings. The number of carbonyl (C=O) groups excluding carboxylic acids is 1. The molecule has 0 aromatic rings. The maximum Gasteiger partial charge on any atom is 0.246 e. The molecule has 1 amide bonds. The molecule has 1 rings (SSSR count). The molecule has 0 spiro atoms. The van der Waals surface area contributed by atoms with Gasteiger partial charge in [-0.1, -0.05) is 0 Å². The van der Waals surface area contributed by atoms with Crippen LogP contribution in [0.4, 0.5) is 0 Å². The number of ether oxygens (including phenoxy) is 1. The summed E-state index contributed by atoms with van der Waals surface area (Å²) in [4.78, 5) is 15.8. The van der Waals surface area contributed by atoms with Crippen molar-refractivity contribution < 1.29 is 14.4 Å². The SMILES string of the molecule is CCONC(=O)CC1CCCO1. The average molecular weight is 173 g/mol. The third kappa shape index (κ3) is 3.19. The minimum atomic E-state index is -0.0937. The van der Waals surface area contributed by atoms with Crippen molar-refractivity contribution in [2.45, 2.75) is 32.3 Å². The van der Waals surface area contributed by atoms with Gasteiger partial charge in [0.05, 0.1) is 19.1 Å². The van der Waals surface area contributed by atoms with E-state index < -0.39 is 0 Å². The lowest BCUT2D eigenvalue weighted by molar-refractivity contribution is -0.135. The Morgan fingerprint density at radius 1 is 1.75 bits per heavy atom. The van der Waals surface area contributed by atoms with Crippen LogP contribution >= 0.6 is 0 Å². The summed E-state index contributed by atoms with van der Waals surface area (Å²) < 4.78 is 5.29. The Bertz CT molecular complexity index is 143. The summed E-state index contributed by atoms with van der Waals surface area (Å²) in [5, 5.41) is 0. The van der Waals surface area contributed by atoms with Crippen molar-refractivity contribution in [1.29, 1.82) is 0 Å². The average Bonchev–Trinajstić information content (AvgIpc) is 2.53. The molecule has 0 aliphatic carbocycles. The Morgan fingerprint density at radius 2 is 2.58 bits per heavy atom. The van der Waals surface area contributed by atoms with Crippen LogP contribution in [0.5, 0.6) is 0 Å². The zero-order valence-electron chi connectivity index (χ0n) is 7.34. The van der Waals surface area contributed by atoms with Crippen LogP contribution in [0.25, 0.3) is 0 Å². The molecule has 1 fully saturated rings. The first-order valence-electron chi connectivity index (χ1n) is 4.35. The van der Waals surface area contributed by atoms with Crippen molar-refractivity contribution >= 4 is 5.91 Å². The van der Waals surface area contributed by atoms with Gasteiger partial charge in [-0.2, -0.15) is 0 Å². The maximum absolute atomic E-state index is 11.0. The first-order chi connectivity index (χ1) is 5.83. The molecule has 1 aliphatic heterocycles. The second-order valence-corrected chi connectivity index (χ2v) is 2.80. The van der Waals surface area contributed by atoms with E-state index in [1.807, 2.05) is 6.92 Å². The third-order valence-corrected chi connectivity index (χ3v) is 1.77. The highest BCUT2D eigenvalue weighted by Crippen LogP contribution is 2.14. The number of amides is 1. The van der Waals surface area contributed by atoms with E-state index in [4.69, 9.17) is 9.57 Å². The van der Waals surface area contributed by atoms with Crippen molar-refractivity contribution in [3.05, 3.63) is 0 Å². The number of hydrogen-bond donors (Lipinski definition) is 1. The lowest BCUT2D eigenvalue weighted by Gasteiger charge is -2.08. The first kappa shape index (κ1) is 9.48. The van der Waals surface area contributed by atoms with E-state index in [9.17, 15) is 4.79 Å². The van der Waals surface area contributed by atoms with E-state index in [1.54, 1.807) is 0 Å². The quantitative estimate of drug-likeness (QED) is 0.634. The second-order valence-electron chi connectivity index (χ2n) is 2.80. The van der Waals surface area contributed by atoms with E-state index >= 15 is 0 Å². The smallest absolute Gasteiger partial charge is 0.246 e. The summed E-state index contributed by atoms with van der Waals surface area (Å²) in [5.41, 5.74) is 2.34. The van der Waals surface area contributed by atoms with Gasteiger partial charge < -0.3 is 4.74 Å². The van der Waals surface area contributed by atoms with Gasteiger partial charge in [0.2, 0.25) is 5.91 Å². The zero-order valence-corrected chi connectivity index (χ0v) is 7.34. The van der Waals surface area contributed by atoms with Crippen LogP contribution in [0.15, 0.2) is 0 Å². The first-order valence-corrected chi connectivity index (χ1v) is 4.35. The Morgan fingerprint density at radius 3 is 3.17 bits per heavy atom. The molecule has 4 nitrogen and oxygen atoms in total. The van der Waals surface area contributed by atoms with Gasteiger partial charge in [-0.25, -0.2) is 5.48 Å². The van der Waals surface area contributed by atoms with E-state index in [2.05, 4.69) is 5.48 Å². The highest BCUT2D eigenvalue weighted by atomic mass is 16.6. The second kappa shape index (κ2) is 5.11. The van der Waals surface area contributed by atoms with E-state index in [1.165, 1.54) is 0 Å². The van der Waals surface area contributed by atoms with E-state index in [0.717, 1.165) is 19.4 Å². The van der Waals surface area contributed by atoms with Gasteiger partial charge in [0.1, 0.15) is 0 Å². The molecule has 4 heteroatoms. The van der Waals surface area contributed by atoms with Crippen LogP contribution in [-0.2, 0) is 14.4 Å². The largest absolute Gasteiger partial charge is 0.378 e. The highest BCUT2D eigenvalue weighted by molar-refractivity contribution is 5.75. The molecule has 1 saturated heterocycles. The van der Waals surface area contributed by atoms with Gasteiger partial charge in [0.15, 0.2) is 0 Å². The van der Waals surface area contributed by atoms with E-state index in [-0.39, 0.29) is 12.0 Å². The van der Waals surface area contributed by atoms with Crippen LogP contribution in [0.2, 0.25) is 0 Å². The molecule has 0 aromatic carbocycles. The fourth-order valence-electron chi connectivity index (χ4n) is 1.21. The number of carbonyl (C=O) groups is 1. The molecular formula is C8H15NO3. The summed E-state index contributed by atoms with van der Waals surface area (Å²) in [6, 6.07) is 0. The third-order valence-electron chi connectivity index (χ3n) is 1.77. The molecule has 0 aromatic heterocycles. The standard InChI is InChI=1S/C8H15NO3/c1-2-12-9-8(10)6-7-4-3-5-11-7/h7H,2-6H2,1H3,(H,9,10). The normalized spacial score (nSPS) is 22.6.